The van der Waals surface area contributed by atoms with E-state index in [0.717, 1.165) is 39.3 Å². The summed E-state index contributed by atoms with van der Waals surface area (Å²) in [7, 11) is 0. The Bertz CT molecular complexity index is 3220. The van der Waals surface area contributed by atoms with Gasteiger partial charge in [0, 0.05) is 53.3 Å². The second kappa shape index (κ2) is 13.3. The predicted octanol–water partition coefficient (Wildman–Crippen LogP) is 14.3. The van der Waals surface area contributed by atoms with Crippen molar-refractivity contribution < 1.29 is 0 Å². The minimum atomic E-state index is 0.694. The maximum atomic E-state index is 5.25. The van der Waals surface area contributed by atoms with Crippen LogP contribution in [0.3, 0.4) is 0 Å². The Hall–Kier alpha value is -7.14. The molecule has 8 aromatic carbocycles. The van der Waals surface area contributed by atoms with Crippen LogP contribution in [0.4, 0.5) is 0 Å². The molecule has 56 heavy (non-hydrogen) atoms. The lowest BCUT2D eigenvalue weighted by atomic mass is 10.0. The molecule has 0 fully saturated rings. The van der Waals surface area contributed by atoms with E-state index in [-0.39, 0.29) is 0 Å². The zero-order chi connectivity index (χ0) is 37.0. The third kappa shape index (κ3) is 5.58. The lowest BCUT2D eigenvalue weighted by molar-refractivity contribution is 1.17. The average Bonchev–Trinajstić information content (AvgIpc) is 3.81. The molecule has 3 heterocycles. The third-order valence-electron chi connectivity index (χ3n) is 10.8. The van der Waals surface area contributed by atoms with Gasteiger partial charge in [0.2, 0.25) is 0 Å². The van der Waals surface area contributed by atoms with Crippen LogP contribution in [-0.4, -0.2) is 14.5 Å². The molecule has 3 nitrogen and oxygen atoms in total. The second-order valence-corrected chi connectivity index (χ2v) is 15.3. The van der Waals surface area contributed by atoms with Gasteiger partial charge < -0.3 is 4.57 Å². The molecule has 0 radical (unpaired) electrons. The van der Waals surface area contributed by atoms with Crippen LogP contribution in [0.15, 0.2) is 200 Å². The minimum Gasteiger partial charge on any atom is -0.309 e. The normalized spacial score (nSPS) is 11.6. The van der Waals surface area contributed by atoms with E-state index in [1.807, 2.05) is 23.5 Å². The summed E-state index contributed by atoms with van der Waals surface area (Å²) in [6.45, 7) is 0. The molecule has 262 valence electrons. The molecule has 0 spiro atoms. The number of fused-ring (bicyclic) bond motifs is 6. The summed E-state index contributed by atoms with van der Waals surface area (Å²) >= 11 is 1.85. The number of aromatic nitrogens is 3. The Morgan fingerprint density at radius 3 is 1.54 bits per heavy atom. The van der Waals surface area contributed by atoms with Gasteiger partial charge >= 0.3 is 0 Å². The van der Waals surface area contributed by atoms with E-state index in [4.69, 9.17) is 9.97 Å². The third-order valence-corrected chi connectivity index (χ3v) is 12.0. The van der Waals surface area contributed by atoms with Gasteiger partial charge in [0.05, 0.1) is 22.4 Å². The topological polar surface area (TPSA) is 30.7 Å². The maximum absolute atomic E-state index is 5.25. The van der Waals surface area contributed by atoms with Crippen molar-refractivity contribution in [1.29, 1.82) is 0 Å². The maximum Gasteiger partial charge on any atom is 0.160 e. The first kappa shape index (κ1) is 32.3. The smallest absolute Gasteiger partial charge is 0.160 e. The van der Waals surface area contributed by atoms with Crippen LogP contribution in [0.1, 0.15) is 0 Å². The van der Waals surface area contributed by atoms with Gasteiger partial charge in [-0.05, 0) is 70.8 Å². The molecule has 0 saturated heterocycles. The first-order valence-electron chi connectivity index (χ1n) is 18.9. The molecule has 0 N–H and O–H groups in total. The largest absolute Gasteiger partial charge is 0.309 e. The molecule has 0 amide bonds. The monoisotopic (exact) mass is 731 g/mol. The van der Waals surface area contributed by atoms with Gasteiger partial charge in [-0.1, -0.05) is 152 Å². The summed E-state index contributed by atoms with van der Waals surface area (Å²) in [6, 6.07) is 71.5. The molecule has 0 aliphatic carbocycles. The molecule has 11 rings (SSSR count). The molecule has 0 saturated carbocycles. The van der Waals surface area contributed by atoms with Crippen LogP contribution in [0, 0.1) is 0 Å². The molecule has 3 aromatic heterocycles. The van der Waals surface area contributed by atoms with Crippen molar-refractivity contribution in [3.63, 3.8) is 0 Å². The molecule has 0 aliphatic heterocycles. The fraction of sp³-hybridized carbons (Fsp3) is 0. The van der Waals surface area contributed by atoms with E-state index in [9.17, 15) is 0 Å². The summed E-state index contributed by atoms with van der Waals surface area (Å²) in [5.41, 5.74) is 13.1. The quantitative estimate of drug-likeness (QED) is 0.170. The van der Waals surface area contributed by atoms with E-state index >= 15 is 0 Å². The molecule has 4 heteroatoms. The second-order valence-electron chi connectivity index (χ2n) is 14.2. The van der Waals surface area contributed by atoms with E-state index in [1.54, 1.807) is 0 Å². The zero-order valence-corrected chi connectivity index (χ0v) is 31.1. The van der Waals surface area contributed by atoms with Gasteiger partial charge in [-0.3, -0.25) is 0 Å². The summed E-state index contributed by atoms with van der Waals surface area (Å²) in [5.74, 6) is 0.694. The molecule has 11 aromatic rings. The molecular weight excluding hydrogens is 699 g/mol. The van der Waals surface area contributed by atoms with Crippen molar-refractivity contribution in [3.8, 4) is 61.8 Å². The first-order chi connectivity index (χ1) is 27.7. The molecule has 0 bridgehead atoms. The summed E-state index contributed by atoms with van der Waals surface area (Å²) in [4.78, 5) is 10.5. The highest BCUT2D eigenvalue weighted by atomic mass is 32.1. The number of thiophene rings is 1. The fourth-order valence-corrected chi connectivity index (χ4v) is 9.11. The van der Waals surface area contributed by atoms with Crippen LogP contribution in [0.25, 0.3) is 104 Å². The van der Waals surface area contributed by atoms with Crippen molar-refractivity contribution in [2.75, 3.05) is 0 Å². The van der Waals surface area contributed by atoms with Crippen molar-refractivity contribution in [2.24, 2.45) is 0 Å². The van der Waals surface area contributed by atoms with Crippen LogP contribution in [0.5, 0.6) is 0 Å². The Labute approximate surface area is 328 Å². The Morgan fingerprint density at radius 2 is 0.821 bits per heavy atom. The van der Waals surface area contributed by atoms with E-state index in [2.05, 4.69) is 193 Å². The van der Waals surface area contributed by atoms with Crippen LogP contribution in [0.2, 0.25) is 0 Å². The first-order valence-corrected chi connectivity index (χ1v) is 19.7. The average molecular weight is 732 g/mol. The van der Waals surface area contributed by atoms with Gasteiger partial charge in [-0.25, -0.2) is 9.97 Å². The number of rotatable bonds is 6. The molecule has 0 unspecified atom stereocenters. The highest BCUT2D eigenvalue weighted by Crippen LogP contribution is 2.40. The number of hydrogen-bond acceptors (Lipinski definition) is 3. The predicted molar refractivity (Wildman–Crippen MR) is 236 cm³/mol. The van der Waals surface area contributed by atoms with E-state index < -0.39 is 0 Å². The number of hydrogen-bond donors (Lipinski definition) is 0. The summed E-state index contributed by atoms with van der Waals surface area (Å²) in [5, 5.41) is 4.96. The van der Waals surface area contributed by atoms with Crippen LogP contribution < -0.4 is 0 Å². The van der Waals surface area contributed by atoms with Gasteiger partial charge in [0.1, 0.15) is 0 Å². The summed E-state index contributed by atoms with van der Waals surface area (Å²) < 4.78 is 4.98. The van der Waals surface area contributed by atoms with E-state index in [1.165, 1.54) is 58.7 Å². The van der Waals surface area contributed by atoms with Gasteiger partial charge in [-0.2, -0.15) is 0 Å². The number of para-hydroxylation sites is 1. The van der Waals surface area contributed by atoms with E-state index in [0.29, 0.717) is 5.82 Å². The molecule has 0 aliphatic rings. The summed E-state index contributed by atoms with van der Waals surface area (Å²) in [6.07, 6.45) is 0. The Morgan fingerprint density at radius 1 is 0.321 bits per heavy atom. The highest BCUT2D eigenvalue weighted by Gasteiger charge is 2.17. The van der Waals surface area contributed by atoms with Gasteiger partial charge in [0.15, 0.2) is 5.82 Å². The number of benzene rings is 8. The van der Waals surface area contributed by atoms with Crippen molar-refractivity contribution >= 4 is 53.3 Å². The minimum absolute atomic E-state index is 0.694. The van der Waals surface area contributed by atoms with Crippen molar-refractivity contribution in [2.45, 2.75) is 0 Å². The zero-order valence-electron chi connectivity index (χ0n) is 30.3. The Balaban J connectivity index is 1.08. The number of nitrogens with zero attached hydrogens (tertiary/aromatic N) is 3. The van der Waals surface area contributed by atoms with Gasteiger partial charge in [0.25, 0.3) is 0 Å². The molecule has 0 atom stereocenters. The molecular formula is C52H33N3S. The van der Waals surface area contributed by atoms with Crippen molar-refractivity contribution in [1.82, 2.24) is 14.5 Å². The fourth-order valence-electron chi connectivity index (χ4n) is 8.05. The lowest BCUT2D eigenvalue weighted by Gasteiger charge is -2.12. The Kier molecular flexibility index (Phi) is 7.68. The standard InChI is InChI=1S/C52H33N3S/c1-4-12-34(13-5-1)36-20-22-38(23-21-36)47-33-46(37-16-8-3-9-17-37)53-52(54-47)40-24-27-43-42-18-10-11-19-48(42)55(49(43)31-40)41-26-29-51-45(32-41)44-30-39(25-28-50(44)56-51)35-14-6-2-7-15-35/h1-33H. The van der Waals surface area contributed by atoms with Crippen molar-refractivity contribution in [3.05, 3.63) is 200 Å². The van der Waals surface area contributed by atoms with Crippen LogP contribution >= 0.6 is 11.3 Å². The van der Waals surface area contributed by atoms with Gasteiger partial charge in [-0.15, -0.1) is 11.3 Å². The van der Waals surface area contributed by atoms with Crippen LogP contribution in [-0.2, 0) is 0 Å². The highest BCUT2D eigenvalue weighted by molar-refractivity contribution is 7.25. The SMILES string of the molecule is c1ccc(-c2ccc(-c3cc(-c4ccccc4)nc(-c4ccc5c6ccccc6n(-c6ccc7sc8ccc(-c9ccccc9)cc8c7c6)c5c4)n3)cc2)cc1. The lowest BCUT2D eigenvalue weighted by Crippen LogP contribution is -1.97.